The third-order valence-electron chi connectivity index (χ3n) is 4.75. The van der Waals surface area contributed by atoms with Gasteiger partial charge in [0.15, 0.2) is 0 Å². The second kappa shape index (κ2) is 6.59. The second-order valence-electron chi connectivity index (χ2n) is 6.37. The summed E-state index contributed by atoms with van der Waals surface area (Å²) in [5.41, 5.74) is 5.09. The minimum absolute atomic E-state index is 0.129. The van der Waals surface area contributed by atoms with E-state index in [0.717, 1.165) is 34.4 Å². The van der Waals surface area contributed by atoms with Crippen LogP contribution < -0.4 is 5.32 Å². The van der Waals surface area contributed by atoms with Gasteiger partial charge in [-0.15, -0.1) is 0 Å². The average Bonchev–Trinajstić information content (AvgIpc) is 2.56. The van der Waals surface area contributed by atoms with Gasteiger partial charge in [-0.2, -0.15) is 0 Å². The summed E-state index contributed by atoms with van der Waals surface area (Å²) in [6.07, 6.45) is 2.53. The van der Waals surface area contributed by atoms with E-state index in [1.165, 1.54) is 12.1 Å². The minimum Gasteiger partial charge on any atom is -0.334 e. The minimum atomic E-state index is -0.260. The van der Waals surface area contributed by atoms with Gasteiger partial charge in [0.1, 0.15) is 5.82 Å². The van der Waals surface area contributed by atoms with Gasteiger partial charge < -0.3 is 10.2 Å². The number of aryl methyl sites for hydroxylation is 2. The number of rotatable bonds is 2. The Balaban J connectivity index is 1.68. The van der Waals surface area contributed by atoms with Crippen molar-refractivity contribution in [3.8, 4) is 0 Å². The van der Waals surface area contributed by atoms with Crippen molar-refractivity contribution in [1.82, 2.24) is 15.2 Å². The van der Waals surface area contributed by atoms with Gasteiger partial charge in [0.05, 0.1) is 6.04 Å². The Labute approximate surface area is 141 Å². The number of benzene rings is 1. The van der Waals surface area contributed by atoms with Gasteiger partial charge in [-0.05, 0) is 61.6 Å². The number of hydrogen-bond donors (Lipinski definition) is 1. The predicted octanol–water partition coefficient (Wildman–Crippen LogP) is 3.67. The molecule has 1 aliphatic rings. The molecule has 0 bridgehead atoms. The van der Waals surface area contributed by atoms with E-state index in [2.05, 4.69) is 10.3 Å². The van der Waals surface area contributed by atoms with E-state index in [1.54, 1.807) is 11.1 Å². The van der Waals surface area contributed by atoms with Gasteiger partial charge in [-0.25, -0.2) is 9.18 Å². The lowest BCUT2D eigenvalue weighted by molar-refractivity contribution is 0.174. The van der Waals surface area contributed by atoms with Crippen LogP contribution in [0.1, 0.15) is 40.9 Å². The summed E-state index contributed by atoms with van der Waals surface area (Å²) >= 11 is 0. The SMILES string of the molecule is Cc1cc(CNC(=O)N2CCc3ccc(F)cc3[C@H]2C)cnc1C. The van der Waals surface area contributed by atoms with Gasteiger partial charge in [-0.1, -0.05) is 12.1 Å². The van der Waals surface area contributed by atoms with Crippen LogP contribution in [0, 0.1) is 19.7 Å². The Bertz CT molecular complexity index is 775. The normalized spacial score (nSPS) is 16.7. The van der Waals surface area contributed by atoms with E-state index in [4.69, 9.17) is 0 Å². The molecule has 2 amide bonds. The highest BCUT2D eigenvalue weighted by molar-refractivity contribution is 5.75. The molecule has 4 nitrogen and oxygen atoms in total. The fourth-order valence-corrected chi connectivity index (χ4v) is 3.14. The Morgan fingerprint density at radius 3 is 2.92 bits per heavy atom. The third kappa shape index (κ3) is 3.25. The Morgan fingerprint density at radius 2 is 2.17 bits per heavy atom. The van der Waals surface area contributed by atoms with Crippen molar-refractivity contribution in [3.05, 3.63) is 64.2 Å². The molecule has 2 heterocycles. The number of carbonyl (C=O) groups is 1. The van der Waals surface area contributed by atoms with Crippen molar-refractivity contribution in [1.29, 1.82) is 0 Å². The number of urea groups is 1. The highest BCUT2D eigenvalue weighted by Crippen LogP contribution is 2.29. The maximum atomic E-state index is 13.5. The van der Waals surface area contributed by atoms with E-state index in [9.17, 15) is 9.18 Å². The topological polar surface area (TPSA) is 45.2 Å². The summed E-state index contributed by atoms with van der Waals surface area (Å²) in [5, 5.41) is 2.94. The number of carbonyl (C=O) groups excluding carboxylic acids is 1. The molecule has 24 heavy (non-hydrogen) atoms. The second-order valence-corrected chi connectivity index (χ2v) is 6.37. The molecule has 5 heteroatoms. The van der Waals surface area contributed by atoms with Crippen LogP contribution in [0.5, 0.6) is 0 Å². The zero-order valence-electron chi connectivity index (χ0n) is 14.3. The lowest BCUT2D eigenvalue weighted by atomic mass is 9.94. The monoisotopic (exact) mass is 327 g/mol. The maximum absolute atomic E-state index is 13.5. The van der Waals surface area contributed by atoms with Crippen LogP contribution in [-0.4, -0.2) is 22.5 Å². The molecule has 0 spiro atoms. The standard InChI is InChI=1S/C19H22FN3O/c1-12-8-15(10-21-13(12)2)11-22-19(24)23-7-6-16-4-5-17(20)9-18(16)14(23)3/h4-5,8-10,14H,6-7,11H2,1-3H3,(H,22,24)/t14-/m1/s1. The first-order chi connectivity index (χ1) is 11.5. The molecular formula is C19H22FN3O. The van der Waals surface area contributed by atoms with E-state index in [1.807, 2.05) is 32.9 Å². The Morgan fingerprint density at radius 1 is 1.38 bits per heavy atom. The van der Waals surface area contributed by atoms with Crippen molar-refractivity contribution in [2.45, 2.75) is 39.8 Å². The van der Waals surface area contributed by atoms with Crippen molar-refractivity contribution < 1.29 is 9.18 Å². The molecule has 1 aromatic carbocycles. The van der Waals surface area contributed by atoms with E-state index in [-0.39, 0.29) is 17.9 Å². The summed E-state index contributed by atoms with van der Waals surface area (Å²) in [5.74, 6) is -0.260. The van der Waals surface area contributed by atoms with E-state index in [0.29, 0.717) is 13.1 Å². The van der Waals surface area contributed by atoms with Crippen molar-refractivity contribution in [2.24, 2.45) is 0 Å². The fraction of sp³-hybridized carbons (Fsp3) is 0.368. The molecule has 2 aromatic rings. The van der Waals surface area contributed by atoms with Crippen molar-refractivity contribution in [2.75, 3.05) is 6.54 Å². The third-order valence-corrected chi connectivity index (χ3v) is 4.75. The zero-order valence-corrected chi connectivity index (χ0v) is 14.3. The number of pyridine rings is 1. The summed E-state index contributed by atoms with van der Waals surface area (Å²) in [4.78, 5) is 18.6. The average molecular weight is 327 g/mol. The van der Waals surface area contributed by atoms with Gasteiger partial charge >= 0.3 is 6.03 Å². The van der Waals surface area contributed by atoms with Crippen LogP contribution in [0.25, 0.3) is 0 Å². The molecule has 0 saturated carbocycles. The summed E-state index contributed by atoms with van der Waals surface area (Å²) < 4.78 is 13.5. The number of hydrogen-bond acceptors (Lipinski definition) is 2. The van der Waals surface area contributed by atoms with Crippen molar-refractivity contribution >= 4 is 6.03 Å². The number of amides is 2. The van der Waals surface area contributed by atoms with Gasteiger partial charge in [-0.3, -0.25) is 4.98 Å². The van der Waals surface area contributed by atoms with Gasteiger partial charge in [0.2, 0.25) is 0 Å². The number of aromatic nitrogens is 1. The van der Waals surface area contributed by atoms with Crippen LogP contribution in [0.3, 0.4) is 0 Å². The molecule has 0 saturated heterocycles. The molecule has 1 N–H and O–H groups in total. The molecule has 3 rings (SSSR count). The summed E-state index contributed by atoms with van der Waals surface area (Å²) in [7, 11) is 0. The fourth-order valence-electron chi connectivity index (χ4n) is 3.14. The lowest BCUT2D eigenvalue weighted by Crippen LogP contribution is -2.44. The smallest absolute Gasteiger partial charge is 0.318 e. The van der Waals surface area contributed by atoms with Crippen LogP contribution in [-0.2, 0) is 13.0 Å². The quantitative estimate of drug-likeness (QED) is 0.915. The van der Waals surface area contributed by atoms with Crippen LogP contribution in [0.15, 0.2) is 30.5 Å². The van der Waals surface area contributed by atoms with Crippen molar-refractivity contribution in [3.63, 3.8) is 0 Å². The zero-order chi connectivity index (χ0) is 17.3. The van der Waals surface area contributed by atoms with E-state index >= 15 is 0 Å². The largest absolute Gasteiger partial charge is 0.334 e. The highest BCUT2D eigenvalue weighted by atomic mass is 19.1. The Hall–Kier alpha value is -2.43. The molecule has 1 aromatic heterocycles. The number of nitrogens with zero attached hydrogens (tertiary/aromatic N) is 2. The molecule has 0 radical (unpaired) electrons. The molecular weight excluding hydrogens is 305 g/mol. The predicted molar refractivity (Wildman–Crippen MR) is 91.2 cm³/mol. The molecule has 126 valence electrons. The number of fused-ring (bicyclic) bond motifs is 1. The van der Waals surface area contributed by atoms with E-state index < -0.39 is 0 Å². The molecule has 0 aliphatic carbocycles. The first-order valence-electron chi connectivity index (χ1n) is 8.20. The highest BCUT2D eigenvalue weighted by Gasteiger charge is 2.27. The molecule has 0 unspecified atom stereocenters. The molecule has 1 atom stereocenters. The summed E-state index contributed by atoms with van der Waals surface area (Å²) in [6, 6.07) is 6.60. The molecule has 0 fully saturated rings. The number of nitrogens with one attached hydrogen (secondary N) is 1. The first kappa shape index (κ1) is 16.4. The van der Waals surface area contributed by atoms with Crippen LogP contribution >= 0.6 is 0 Å². The van der Waals surface area contributed by atoms with Crippen LogP contribution in [0.4, 0.5) is 9.18 Å². The Kier molecular flexibility index (Phi) is 4.51. The van der Waals surface area contributed by atoms with Gasteiger partial charge in [0, 0.05) is 25.0 Å². The van der Waals surface area contributed by atoms with Gasteiger partial charge in [0.25, 0.3) is 0 Å². The van der Waals surface area contributed by atoms with Crippen LogP contribution in [0.2, 0.25) is 0 Å². The number of halogens is 1. The summed E-state index contributed by atoms with van der Waals surface area (Å²) in [6.45, 7) is 6.98. The molecule has 1 aliphatic heterocycles. The first-order valence-corrected chi connectivity index (χ1v) is 8.20. The maximum Gasteiger partial charge on any atom is 0.318 e. The lowest BCUT2D eigenvalue weighted by Gasteiger charge is -2.35.